The highest BCUT2D eigenvalue weighted by molar-refractivity contribution is 5.94. The molecule has 2 aromatic rings. The summed E-state index contributed by atoms with van der Waals surface area (Å²) in [4.78, 5) is 33.2. The molecule has 0 bridgehead atoms. The fraction of sp³-hybridized carbons (Fsp3) is 0.500. The fourth-order valence-corrected chi connectivity index (χ4v) is 3.35. The molecule has 0 radical (unpaired) electrons. The van der Waals surface area contributed by atoms with Gasteiger partial charge in [-0.1, -0.05) is 19.8 Å². The van der Waals surface area contributed by atoms with Crippen molar-refractivity contribution in [1.29, 1.82) is 0 Å². The number of rotatable bonds is 4. The number of ether oxygens (including phenoxy) is 1. The standard InChI is InChI=1S/C20H25N3O3/c1-12-6-4-5-7-16(12)23-19(24)11-26-20(25)15-8-9-17-18(10-15)22-14(3)13(2)21-17/h8-10,12,16H,4-7,11H2,1-3H3,(H,23,24)/t12-,16-/m1/s1. The van der Waals surface area contributed by atoms with Crippen molar-refractivity contribution in [2.75, 3.05) is 6.61 Å². The molecular weight excluding hydrogens is 330 g/mol. The molecule has 0 spiro atoms. The molecule has 1 N–H and O–H groups in total. The number of nitrogens with one attached hydrogen (secondary N) is 1. The van der Waals surface area contributed by atoms with Gasteiger partial charge in [0.25, 0.3) is 5.91 Å². The molecule has 1 amide bonds. The van der Waals surface area contributed by atoms with E-state index in [1.807, 2.05) is 13.8 Å². The number of amides is 1. The Hall–Kier alpha value is -2.50. The van der Waals surface area contributed by atoms with Crippen LogP contribution in [-0.2, 0) is 9.53 Å². The second-order valence-corrected chi connectivity index (χ2v) is 7.11. The molecule has 6 nitrogen and oxygen atoms in total. The van der Waals surface area contributed by atoms with Crippen molar-refractivity contribution >= 4 is 22.9 Å². The molecule has 1 aromatic heterocycles. The second-order valence-electron chi connectivity index (χ2n) is 7.11. The Kier molecular flexibility index (Phi) is 5.49. The van der Waals surface area contributed by atoms with E-state index in [0.717, 1.165) is 36.2 Å². The molecule has 1 saturated carbocycles. The van der Waals surface area contributed by atoms with Crippen LogP contribution >= 0.6 is 0 Å². The zero-order valence-corrected chi connectivity index (χ0v) is 15.5. The SMILES string of the molecule is Cc1nc2ccc(C(=O)OCC(=O)N[C@@H]3CCCC[C@H]3C)cc2nc1C. The first-order valence-electron chi connectivity index (χ1n) is 9.15. The van der Waals surface area contributed by atoms with Gasteiger partial charge in [0.15, 0.2) is 6.61 Å². The maximum atomic E-state index is 12.3. The van der Waals surface area contributed by atoms with Crippen molar-refractivity contribution in [3.05, 3.63) is 35.2 Å². The number of esters is 1. The lowest BCUT2D eigenvalue weighted by atomic mass is 9.86. The van der Waals surface area contributed by atoms with E-state index in [1.165, 1.54) is 6.42 Å². The first kappa shape index (κ1) is 18.3. The van der Waals surface area contributed by atoms with Crippen molar-refractivity contribution in [3.8, 4) is 0 Å². The summed E-state index contributed by atoms with van der Waals surface area (Å²) in [5.74, 6) is -0.308. The summed E-state index contributed by atoms with van der Waals surface area (Å²) in [6.45, 7) is 5.66. The lowest BCUT2D eigenvalue weighted by molar-refractivity contribution is -0.125. The van der Waals surface area contributed by atoms with E-state index in [4.69, 9.17) is 4.74 Å². The van der Waals surface area contributed by atoms with Crippen molar-refractivity contribution in [2.45, 2.75) is 52.5 Å². The first-order chi connectivity index (χ1) is 12.4. The van der Waals surface area contributed by atoms with Crippen molar-refractivity contribution in [1.82, 2.24) is 15.3 Å². The molecule has 0 aliphatic heterocycles. The normalized spacial score (nSPS) is 20.0. The average Bonchev–Trinajstić information content (AvgIpc) is 2.62. The third kappa shape index (κ3) is 4.18. The minimum atomic E-state index is -0.529. The van der Waals surface area contributed by atoms with Gasteiger partial charge in [-0.25, -0.2) is 14.8 Å². The number of aryl methyl sites for hydroxylation is 2. The number of hydrogen-bond acceptors (Lipinski definition) is 5. The smallest absolute Gasteiger partial charge is 0.338 e. The van der Waals surface area contributed by atoms with Gasteiger partial charge in [0.05, 0.1) is 28.0 Å². The zero-order valence-electron chi connectivity index (χ0n) is 15.5. The monoisotopic (exact) mass is 355 g/mol. The Bertz CT molecular complexity index is 834. The van der Waals surface area contributed by atoms with Crippen LogP contribution in [0.25, 0.3) is 11.0 Å². The van der Waals surface area contributed by atoms with Gasteiger partial charge in [0.2, 0.25) is 0 Å². The average molecular weight is 355 g/mol. The van der Waals surface area contributed by atoms with Crippen LogP contribution in [0.5, 0.6) is 0 Å². The molecule has 1 aliphatic carbocycles. The summed E-state index contributed by atoms with van der Waals surface area (Å²) in [6, 6.07) is 5.22. The summed E-state index contributed by atoms with van der Waals surface area (Å²) in [5.41, 5.74) is 3.43. The number of carbonyl (C=O) groups excluding carboxylic acids is 2. The zero-order chi connectivity index (χ0) is 18.7. The molecule has 1 aliphatic rings. The van der Waals surface area contributed by atoms with E-state index in [2.05, 4.69) is 22.2 Å². The maximum absolute atomic E-state index is 12.3. The van der Waals surface area contributed by atoms with Gasteiger partial charge in [0.1, 0.15) is 0 Å². The van der Waals surface area contributed by atoms with Gasteiger partial charge in [0, 0.05) is 6.04 Å². The largest absolute Gasteiger partial charge is 0.452 e. The summed E-state index contributed by atoms with van der Waals surface area (Å²) in [7, 11) is 0. The number of aromatic nitrogens is 2. The van der Waals surface area contributed by atoms with Crippen LogP contribution in [0, 0.1) is 19.8 Å². The number of benzene rings is 1. The summed E-state index contributed by atoms with van der Waals surface area (Å²) in [5, 5.41) is 2.98. The molecule has 3 rings (SSSR count). The highest BCUT2D eigenvalue weighted by Gasteiger charge is 2.23. The molecule has 0 unspecified atom stereocenters. The molecule has 138 valence electrons. The molecule has 0 saturated heterocycles. The summed E-state index contributed by atoms with van der Waals surface area (Å²) < 4.78 is 5.17. The summed E-state index contributed by atoms with van der Waals surface area (Å²) in [6.07, 6.45) is 4.46. The minimum absolute atomic E-state index is 0.178. The number of carbonyl (C=O) groups is 2. The molecule has 1 aromatic carbocycles. The van der Waals surface area contributed by atoms with Crippen molar-refractivity contribution in [2.24, 2.45) is 5.92 Å². The van der Waals surface area contributed by atoms with Gasteiger partial charge in [-0.2, -0.15) is 0 Å². The predicted octanol–water partition coefficient (Wildman–Crippen LogP) is 3.10. The summed E-state index contributed by atoms with van der Waals surface area (Å²) >= 11 is 0. The maximum Gasteiger partial charge on any atom is 0.338 e. The predicted molar refractivity (Wildman–Crippen MR) is 98.9 cm³/mol. The Morgan fingerprint density at radius 1 is 1.12 bits per heavy atom. The van der Waals surface area contributed by atoms with E-state index in [0.29, 0.717) is 17.0 Å². The second kappa shape index (κ2) is 7.81. The quantitative estimate of drug-likeness (QED) is 0.852. The van der Waals surface area contributed by atoms with E-state index in [-0.39, 0.29) is 18.6 Å². The Labute approximate surface area is 153 Å². The molecular formula is C20H25N3O3. The Morgan fingerprint density at radius 3 is 2.54 bits per heavy atom. The number of nitrogens with zero attached hydrogens (tertiary/aromatic N) is 2. The van der Waals surface area contributed by atoms with Gasteiger partial charge in [-0.3, -0.25) is 4.79 Å². The van der Waals surface area contributed by atoms with Crippen LogP contribution in [0.1, 0.15) is 54.4 Å². The highest BCUT2D eigenvalue weighted by atomic mass is 16.5. The Morgan fingerprint density at radius 2 is 1.81 bits per heavy atom. The van der Waals surface area contributed by atoms with Crippen molar-refractivity contribution < 1.29 is 14.3 Å². The molecule has 6 heteroatoms. The van der Waals surface area contributed by atoms with E-state index in [1.54, 1.807) is 18.2 Å². The van der Waals surface area contributed by atoms with E-state index >= 15 is 0 Å². The molecule has 1 heterocycles. The van der Waals surface area contributed by atoms with Crippen LogP contribution in [0.2, 0.25) is 0 Å². The molecule has 2 atom stereocenters. The first-order valence-corrected chi connectivity index (χ1v) is 9.15. The van der Waals surface area contributed by atoms with Crippen LogP contribution in [-0.4, -0.2) is 34.5 Å². The van der Waals surface area contributed by atoms with Gasteiger partial charge >= 0.3 is 5.97 Å². The van der Waals surface area contributed by atoms with E-state index in [9.17, 15) is 9.59 Å². The molecule has 26 heavy (non-hydrogen) atoms. The van der Waals surface area contributed by atoms with E-state index < -0.39 is 5.97 Å². The van der Waals surface area contributed by atoms with Crippen LogP contribution in [0.15, 0.2) is 18.2 Å². The minimum Gasteiger partial charge on any atom is -0.452 e. The Balaban J connectivity index is 1.60. The third-order valence-corrected chi connectivity index (χ3v) is 5.10. The third-order valence-electron chi connectivity index (χ3n) is 5.10. The van der Waals surface area contributed by atoms with Crippen molar-refractivity contribution in [3.63, 3.8) is 0 Å². The van der Waals surface area contributed by atoms with Gasteiger partial charge in [-0.05, 0) is 50.8 Å². The van der Waals surface area contributed by atoms with Crippen LogP contribution in [0.3, 0.4) is 0 Å². The van der Waals surface area contributed by atoms with Crippen LogP contribution in [0.4, 0.5) is 0 Å². The van der Waals surface area contributed by atoms with Gasteiger partial charge < -0.3 is 10.1 Å². The lowest BCUT2D eigenvalue weighted by Crippen LogP contribution is -2.42. The number of fused-ring (bicyclic) bond motifs is 1. The fourth-order valence-electron chi connectivity index (χ4n) is 3.35. The molecule has 1 fully saturated rings. The highest BCUT2D eigenvalue weighted by Crippen LogP contribution is 2.23. The van der Waals surface area contributed by atoms with Crippen LogP contribution < -0.4 is 5.32 Å². The lowest BCUT2D eigenvalue weighted by Gasteiger charge is -2.29. The number of hydrogen-bond donors (Lipinski definition) is 1. The topological polar surface area (TPSA) is 81.2 Å². The van der Waals surface area contributed by atoms with Gasteiger partial charge in [-0.15, -0.1) is 0 Å².